The predicted octanol–water partition coefficient (Wildman–Crippen LogP) is 1.61. The highest BCUT2D eigenvalue weighted by atomic mass is 32.2. The van der Waals surface area contributed by atoms with E-state index in [0.717, 1.165) is 12.2 Å². The normalized spacial score (nSPS) is 16.4. The smallest absolute Gasteiger partial charge is 0.243 e. The first-order valence-corrected chi connectivity index (χ1v) is 9.83. The Balaban J connectivity index is 1.68. The van der Waals surface area contributed by atoms with Crippen LogP contribution in [0.2, 0.25) is 0 Å². The van der Waals surface area contributed by atoms with E-state index in [1.807, 2.05) is 18.2 Å². The molecule has 1 saturated heterocycles. The van der Waals surface area contributed by atoms with E-state index in [1.54, 1.807) is 18.3 Å². The van der Waals surface area contributed by atoms with Crippen molar-refractivity contribution in [2.24, 2.45) is 0 Å². The summed E-state index contributed by atoms with van der Waals surface area (Å²) < 4.78 is 37.7. The van der Waals surface area contributed by atoms with Gasteiger partial charge in [0.1, 0.15) is 0 Å². The fourth-order valence-corrected chi connectivity index (χ4v) is 4.41. The topological polar surface area (TPSA) is 72.0 Å². The molecule has 1 aromatic carbocycles. The first-order valence-electron chi connectivity index (χ1n) is 8.39. The number of benzene rings is 1. The van der Waals surface area contributed by atoms with Crippen molar-refractivity contribution in [3.8, 4) is 11.5 Å². The molecule has 2 heterocycles. The molecule has 0 unspecified atom stereocenters. The molecule has 0 N–H and O–H groups in total. The average Bonchev–Trinajstić information content (AvgIpc) is 2.68. The third kappa shape index (κ3) is 3.98. The molecule has 0 amide bonds. The molecule has 0 aliphatic carbocycles. The van der Waals surface area contributed by atoms with Crippen LogP contribution in [0.5, 0.6) is 11.5 Å². The van der Waals surface area contributed by atoms with Crippen molar-refractivity contribution in [2.45, 2.75) is 11.4 Å². The molecule has 0 bridgehead atoms. The lowest BCUT2D eigenvalue weighted by Crippen LogP contribution is -2.48. The summed E-state index contributed by atoms with van der Waals surface area (Å²) in [6.07, 6.45) is 1.77. The maximum atomic E-state index is 12.9. The molecule has 1 fully saturated rings. The van der Waals surface area contributed by atoms with Crippen molar-refractivity contribution in [3.05, 3.63) is 48.3 Å². The number of sulfonamides is 1. The van der Waals surface area contributed by atoms with Crippen molar-refractivity contribution in [1.82, 2.24) is 14.2 Å². The lowest BCUT2D eigenvalue weighted by atomic mass is 10.3. The molecule has 1 aliphatic heterocycles. The Kier molecular flexibility index (Phi) is 5.75. The van der Waals surface area contributed by atoms with Gasteiger partial charge in [-0.3, -0.25) is 9.88 Å². The number of piperazine rings is 1. The van der Waals surface area contributed by atoms with Crippen molar-refractivity contribution in [2.75, 3.05) is 40.4 Å². The van der Waals surface area contributed by atoms with Crippen LogP contribution >= 0.6 is 0 Å². The third-order valence-electron chi connectivity index (χ3n) is 4.44. The van der Waals surface area contributed by atoms with Crippen LogP contribution in [0.3, 0.4) is 0 Å². The second-order valence-electron chi connectivity index (χ2n) is 6.02. The van der Waals surface area contributed by atoms with Gasteiger partial charge in [0.2, 0.25) is 10.0 Å². The van der Waals surface area contributed by atoms with Crippen molar-refractivity contribution >= 4 is 10.0 Å². The number of nitrogens with zero attached hydrogens (tertiary/aromatic N) is 3. The number of hydrogen-bond donors (Lipinski definition) is 0. The van der Waals surface area contributed by atoms with E-state index in [-0.39, 0.29) is 4.90 Å². The first kappa shape index (κ1) is 18.6. The largest absolute Gasteiger partial charge is 0.493 e. The first-order chi connectivity index (χ1) is 12.5. The minimum Gasteiger partial charge on any atom is -0.493 e. The minimum absolute atomic E-state index is 0.216. The summed E-state index contributed by atoms with van der Waals surface area (Å²) >= 11 is 0. The SMILES string of the molecule is COc1ccc(S(=O)(=O)N2CCN(Cc3ccccn3)CC2)cc1OC. The Morgan fingerprint density at radius 3 is 2.35 bits per heavy atom. The third-order valence-corrected chi connectivity index (χ3v) is 6.33. The van der Waals surface area contributed by atoms with E-state index < -0.39 is 10.0 Å². The summed E-state index contributed by atoms with van der Waals surface area (Å²) in [6.45, 7) is 2.96. The maximum Gasteiger partial charge on any atom is 0.243 e. The summed E-state index contributed by atoms with van der Waals surface area (Å²) in [5.41, 5.74) is 0.990. The number of aromatic nitrogens is 1. The van der Waals surface area contributed by atoms with E-state index in [0.29, 0.717) is 37.7 Å². The number of pyridine rings is 1. The molecular weight excluding hydrogens is 354 g/mol. The Bertz CT molecular complexity index is 835. The number of ether oxygens (including phenoxy) is 2. The molecule has 0 radical (unpaired) electrons. The quantitative estimate of drug-likeness (QED) is 0.762. The van der Waals surface area contributed by atoms with Gasteiger partial charge in [0, 0.05) is 45.0 Å². The average molecular weight is 377 g/mol. The van der Waals surface area contributed by atoms with Crippen LogP contribution in [-0.4, -0.2) is 63.0 Å². The lowest BCUT2D eigenvalue weighted by molar-refractivity contribution is 0.180. The Labute approximate surface area is 154 Å². The van der Waals surface area contributed by atoms with Gasteiger partial charge in [-0.05, 0) is 24.3 Å². The molecule has 8 heteroatoms. The summed E-state index contributed by atoms with van der Waals surface area (Å²) in [5.74, 6) is 0.911. The molecule has 0 spiro atoms. The molecule has 1 aliphatic rings. The summed E-state index contributed by atoms with van der Waals surface area (Å²) in [4.78, 5) is 6.75. The van der Waals surface area contributed by atoms with Gasteiger partial charge in [0.25, 0.3) is 0 Å². The molecular formula is C18H23N3O4S. The van der Waals surface area contributed by atoms with Crippen LogP contribution in [0.25, 0.3) is 0 Å². The fourth-order valence-electron chi connectivity index (χ4n) is 2.97. The molecule has 140 valence electrons. The highest BCUT2D eigenvalue weighted by Gasteiger charge is 2.29. The van der Waals surface area contributed by atoms with Gasteiger partial charge in [-0.25, -0.2) is 8.42 Å². The van der Waals surface area contributed by atoms with Crippen LogP contribution < -0.4 is 9.47 Å². The second-order valence-corrected chi connectivity index (χ2v) is 7.96. The lowest BCUT2D eigenvalue weighted by Gasteiger charge is -2.33. The summed E-state index contributed by atoms with van der Waals surface area (Å²) in [6, 6.07) is 10.5. The molecule has 0 atom stereocenters. The van der Waals surface area contributed by atoms with E-state index >= 15 is 0 Å². The van der Waals surface area contributed by atoms with Crippen molar-refractivity contribution in [1.29, 1.82) is 0 Å². The number of hydrogen-bond acceptors (Lipinski definition) is 6. The van der Waals surface area contributed by atoms with Crippen molar-refractivity contribution in [3.63, 3.8) is 0 Å². The zero-order chi connectivity index (χ0) is 18.6. The van der Waals surface area contributed by atoms with E-state index in [9.17, 15) is 8.42 Å². The Morgan fingerprint density at radius 1 is 1.00 bits per heavy atom. The molecule has 3 rings (SSSR count). The van der Waals surface area contributed by atoms with E-state index in [4.69, 9.17) is 9.47 Å². The van der Waals surface area contributed by atoms with Gasteiger partial charge in [-0.1, -0.05) is 6.07 Å². The van der Waals surface area contributed by atoms with Crippen LogP contribution in [-0.2, 0) is 16.6 Å². The van der Waals surface area contributed by atoms with Gasteiger partial charge < -0.3 is 9.47 Å². The standard InChI is InChI=1S/C18H23N3O4S/c1-24-17-7-6-16(13-18(17)25-2)26(22,23)21-11-9-20(10-12-21)14-15-5-3-4-8-19-15/h3-8,13H,9-12,14H2,1-2H3. The van der Waals surface area contributed by atoms with Crippen LogP contribution in [0, 0.1) is 0 Å². The number of methoxy groups -OCH3 is 2. The van der Waals surface area contributed by atoms with Gasteiger partial charge in [0.15, 0.2) is 11.5 Å². The fraction of sp³-hybridized carbons (Fsp3) is 0.389. The van der Waals surface area contributed by atoms with Crippen LogP contribution in [0.4, 0.5) is 0 Å². The highest BCUT2D eigenvalue weighted by Crippen LogP contribution is 2.30. The maximum absolute atomic E-state index is 12.9. The minimum atomic E-state index is -3.56. The highest BCUT2D eigenvalue weighted by molar-refractivity contribution is 7.89. The molecule has 1 aromatic heterocycles. The molecule has 0 saturated carbocycles. The van der Waals surface area contributed by atoms with Gasteiger partial charge in [0.05, 0.1) is 24.8 Å². The van der Waals surface area contributed by atoms with Gasteiger partial charge in [-0.2, -0.15) is 4.31 Å². The Hall–Kier alpha value is -2.16. The predicted molar refractivity (Wildman–Crippen MR) is 97.8 cm³/mol. The molecule has 26 heavy (non-hydrogen) atoms. The molecule has 2 aromatic rings. The van der Waals surface area contributed by atoms with Gasteiger partial charge >= 0.3 is 0 Å². The zero-order valence-electron chi connectivity index (χ0n) is 15.0. The van der Waals surface area contributed by atoms with Crippen LogP contribution in [0.15, 0.2) is 47.5 Å². The van der Waals surface area contributed by atoms with E-state index in [2.05, 4.69) is 9.88 Å². The summed E-state index contributed by atoms with van der Waals surface area (Å²) in [7, 11) is -0.549. The van der Waals surface area contributed by atoms with Gasteiger partial charge in [-0.15, -0.1) is 0 Å². The van der Waals surface area contributed by atoms with Crippen LogP contribution in [0.1, 0.15) is 5.69 Å². The molecule has 7 nitrogen and oxygen atoms in total. The number of rotatable bonds is 6. The Morgan fingerprint density at radius 2 is 1.73 bits per heavy atom. The summed E-state index contributed by atoms with van der Waals surface area (Å²) in [5, 5.41) is 0. The van der Waals surface area contributed by atoms with Crippen molar-refractivity contribution < 1.29 is 17.9 Å². The zero-order valence-corrected chi connectivity index (χ0v) is 15.8. The second kappa shape index (κ2) is 8.03. The van der Waals surface area contributed by atoms with E-state index in [1.165, 1.54) is 24.6 Å². The monoisotopic (exact) mass is 377 g/mol.